The van der Waals surface area contributed by atoms with Gasteiger partial charge in [0.05, 0.1) is 0 Å². The molecule has 0 amide bonds. The van der Waals surface area contributed by atoms with Gasteiger partial charge in [-0.1, -0.05) is 13.0 Å². The standard InChI is InChI=1S/C13H18FN/c1-9-3-4-13(15,8-9)11-5-10(2)6-12(14)7-11/h5-7,9H,3-4,8,15H2,1-2H3. The Morgan fingerprint density at radius 2 is 2.13 bits per heavy atom. The molecule has 2 heteroatoms. The summed E-state index contributed by atoms with van der Waals surface area (Å²) in [6.45, 7) is 4.12. The van der Waals surface area contributed by atoms with Crippen LogP contribution < -0.4 is 5.73 Å². The molecular weight excluding hydrogens is 189 g/mol. The molecule has 1 saturated carbocycles. The normalized spacial score (nSPS) is 30.8. The second-order valence-corrected chi connectivity index (χ2v) is 5.02. The van der Waals surface area contributed by atoms with Crippen molar-refractivity contribution in [1.29, 1.82) is 0 Å². The lowest BCUT2D eigenvalue weighted by Crippen LogP contribution is -2.33. The van der Waals surface area contributed by atoms with Crippen molar-refractivity contribution in [3.8, 4) is 0 Å². The fourth-order valence-electron chi connectivity index (χ4n) is 2.62. The van der Waals surface area contributed by atoms with E-state index in [9.17, 15) is 4.39 Å². The van der Waals surface area contributed by atoms with Gasteiger partial charge in [0.15, 0.2) is 0 Å². The first-order valence-electron chi connectivity index (χ1n) is 5.56. The lowest BCUT2D eigenvalue weighted by atomic mass is 9.87. The molecule has 1 fully saturated rings. The van der Waals surface area contributed by atoms with Crippen LogP contribution in [0.5, 0.6) is 0 Å². The largest absolute Gasteiger partial charge is 0.321 e. The molecule has 1 aliphatic rings. The Bertz CT molecular complexity index is 355. The lowest BCUT2D eigenvalue weighted by molar-refractivity contribution is 0.437. The molecule has 1 nitrogen and oxygen atoms in total. The summed E-state index contributed by atoms with van der Waals surface area (Å²) in [5, 5.41) is 0. The first-order chi connectivity index (χ1) is 6.99. The van der Waals surface area contributed by atoms with Crippen LogP contribution in [0.25, 0.3) is 0 Å². The van der Waals surface area contributed by atoms with E-state index < -0.39 is 0 Å². The summed E-state index contributed by atoms with van der Waals surface area (Å²) in [6, 6.07) is 5.15. The number of aryl methyl sites for hydroxylation is 1. The topological polar surface area (TPSA) is 26.0 Å². The molecule has 2 unspecified atom stereocenters. The Hall–Kier alpha value is -0.890. The van der Waals surface area contributed by atoms with E-state index in [0.29, 0.717) is 5.92 Å². The molecule has 1 aromatic rings. The first-order valence-corrected chi connectivity index (χ1v) is 5.56. The van der Waals surface area contributed by atoms with Gasteiger partial charge in [0.1, 0.15) is 5.82 Å². The smallest absolute Gasteiger partial charge is 0.123 e. The number of hydrogen-bond donors (Lipinski definition) is 1. The molecule has 0 spiro atoms. The van der Waals surface area contributed by atoms with Crippen molar-refractivity contribution in [3.63, 3.8) is 0 Å². The maximum atomic E-state index is 13.3. The lowest BCUT2D eigenvalue weighted by Gasteiger charge is -2.25. The van der Waals surface area contributed by atoms with Gasteiger partial charge in [0.25, 0.3) is 0 Å². The molecule has 15 heavy (non-hydrogen) atoms. The molecule has 0 aromatic heterocycles. The Morgan fingerprint density at radius 1 is 1.40 bits per heavy atom. The van der Waals surface area contributed by atoms with Crippen LogP contribution in [-0.4, -0.2) is 0 Å². The number of benzene rings is 1. The first kappa shape index (κ1) is 10.6. The van der Waals surface area contributed by atoms with Gasteiger partial charge in [-0.3, -0.25) is 0 Å². The maximum absolute atomic E-state index is 13.3. The van der Waals surface area contributed by atoms with Crippen LogP contribution in [-0.2, 0) is 5.54 Å². The van der Waals surface area contributed by atoms with Gasteiger partial charge in [0, 0.05) is 5.54 Å². The Kier molecular flexibility index (Phi) is 2.55. The molecule has 0 bridgehead atoms. The summed E-state index contributed by atoms with van der Waals surface area (Å²) >= 11 is 0. The summed E-state index contributed by atoms with van der Waals surface area (Å²) in [5.41, 5.74) is 7.96. The van der Waals surface area contributed by atoms with Gasteiger partial charge >= 0.3 is 0 Å². The van der Waals surface area contributed by atoms with Gasteiger partial charge in [-0.25, -0.2) is 4.39 Å². The minimum atomic E-state index is -0.299. The van der Waals surface area contributed by atoms with Gasteiger partial charge in [-0.2, -0.15) is 0 Å². The predicted molar refractivity (Wildman–Crippen MR) is 60.0 cm³/mol. The minimum Gasteiger partial charge on any atom is -0.321 e. The average Bonchev–Trinajstić information content (AvgIpc) is 2.46. The van der Waals surface area contributed by atoms with Gasteiger partial charge < -0.3 is 5.73 Å². The zero-order valence-electron chi connectivity index (χ0n) is 9.39. The van der Waals surface area contributed by atoms with Gasteiger partial charge in [-0.05, 0) is 55.4 Å². The van der Waals surface area contributed by atoms with Crippen LogP contribution in [0, 0.1) is 18.7 Å². The third-order valence-electron chi connectivity index (χ3n) is 3.41. The molecule has 2 atom stereocenters. The van der Waals surface area contributed by atoms with Crippen molar-refractivity contribution in [2.24, 2.45) is 11.7 Å². The summed E-state index contributed by atoms with van der Waals surface area (Å²) in [6.07, 6.45) is 3.08. The summed E-state index contributed by atoms with van der Waals surface area (Å²) in [5.74, 6) is 0.480. The van der Waals surface area contributed by atoms with E-state index in [1.807, 2.05) is 13.0 Å². The molecule has 1 aromatic carbocycles. The summed E-state index contributed by atoms with van der Waals surface area (Å²) < 4.78 is 13.3. The summed E-state index contributed by atoms with van der Waals surface area (Å²) in [7, 11) is 0. The highest BCUT2D eigenvalue weighted by molar-refractivity contribution is 5.30. The predicted octanol–water partition coefficient (Wildman–Crippen LogP) is 3.11. The third-order valence-corrected chi connectivity index (χ3v) is 3.41. The average molecular weight is 207 g/mol. The highest BCUT2D eigenvalue weighted by atomic mass is 19.1. The van der Waals surface area contributed by atoms with Gasteiger partial charge in [0.2, 0.25) is 0 Å². The number of rotatable bonds is 1. The van der Waals surface area contributed by atoms with Crippen molar-refractivity contribution < 1.29 is 4.39 Å². The minimum absolute atomic E-state index is 0.172. The monoisotopic (exact) mass is 207 g/mol. The van der Waals surface area contributed by atoms with Crippen molar-refractivity contribution in [2.45, 2.75) is 38.6 Å². The van der Waals surface area contributed by atoms with Crippen molar-refractivity contribution in [3.05, 3.63) is 35.1 Å². The SMILES string of the molecule is Cc1cc(F)cc(C2(N)CCC(C)C2)c1. The second-order valence-electron chi connectivity index (χ2n) is 5.02. The molecule has 1 aliphatic carbocycles. The van der Waals surface area contributed by atoms with Gasteiger partial charge in [-0.15, -0.1) is 0 Å². The zero-order valence-corrected chi connectivity index (χ0v) is 9.39. The zero-order chi connectivity index (χ0) is 11.1. The van der Waals surface area contributed by atoms with E-state index >= 15 is 0 Å². The third kappa shape index (κ3) is 2.05. The molecule has 2 rings (SSSR count). The van der Waals surface area contributed by atoms with Crippen LogP contribution in [0.2, 0.25) is 0 Å². The van der Waals surface area contributed by atoms with Crippen LogP contribution in [0.15, 0.2) is 18.2 Å². The van der Waals surface area contributed by atoms with E-state index in [0.717, 1.165) is 30.4 Å². The fourth-order valence-corrected chi connectivity index (χ4v) is 2.62. The Morgan fingerprint density at radius 3 is 2.67 bits per heavy atom. The fraction of sp³-hybridized carbons (Fsp3) is 0.538. The van der Waals surface area contributed by atoms with E-state index in [1.54, 1.807) is 12.1 Å². The quantitative estimate of drug-likeness (QED) is 0.752. The molecule has 0 radical (unpaired) electrons. The van der Waals surface area contributed by atoms with Crippen LogP contribution >= 0.6 is 0 Å². The highest BCUT2D eigenvalue weighted by Crippen LogP contribution is 2.40. The Labute approximate surface area is 90.5 Å². The van der Waals surface area contributed by atoms with E-state index in [-0.39, 0.29) is 11.4 Å². The van der Waals surface area contributed by atoms with Crippen LogP contribution in [0.3, 0.4) is 0 Å². The summed E-state index contributed by atoms with van der Waals surface area (Å²) in [4.78, 5) is 0. The van der Waals surface area contributed by atoms with Crippen molar-refractivity contribution >= 4 is 0 Å². The van der Waals surface area contributed by atoms with E-state index in [4.69, 9.17) is 5.73 Å². The number of halogens is 1. The number of nitrogens with two attached hydrogens (primary N) is 1. The van der Waals surface area contributed by atoms with E-state index in [1.165, 1.54) is 0 Å². The molecule has 82 valence electrons. The Balaban J connectivity index is 2.36. The van der Waals surface area contributed by atoms with Crippen molar-refractivity contribution in [2.75, 3.05) is 0 Å². The van der Waals surface area contributed by atoms with Crippen molar-refractivity contribution in [1.82, 2.24) is 0 Å². The van der Waals surface area contributed by atoms with Crippen LogP contribution in [0.4, 0.5) is 4.39 Å². The second kappa shape index (κ2) is 3.60. The number of hydrogen-bond acceptors (Lipinski definition) is 1. The van der Waals surface area contributed by atoms with Crippen LogP contribution in [0.1, 0.15) is 37.3 Å². The molecule has 2 N–H and O–H groups in total. The molecule has 0 saturated heterocycles. The highest BCUT2D eigenvalue weighted by Gasteiger charge is 2.35. The molecule has 0 aliphatic heterocycles. The molecular formula is C13H18FN. The maximum Gasteiger partial charge on any atom is 0.123 e. The van der Waals surface area contributed by atoms with E-state index in [2.05, 4.69) is 6.92 Å². The molecule has 0 heterocycles.